The van der Waals surface area contributed by atoms with Crippen molar-refractivity contribution in [3.63, 3.8) is 0 Å². The molecular weight excluding hydrogens is 323 g/mol. The van der Waals surface area contributed by atoms with Crippen LogP contribution >= 0.6 is 0 Å². The highest BCUT2D eigenvalue weighted by Gasteiger charge is 2.50. The summed E-state index contributed by atoms with van der Waals surface area (Å²) in [7, 11) is 1.56. The number of hydrogen-bond donors (Lipinski definition) is 0. The van der Waals surface area contributed by atoms with Crippen LogP contribution in [0.5, 0.6) is 0 Å². The van der Waals surface area contributed by atoms with Gasteiger partial charge in [0.1, 0.15) is 5.82 Å². The van der Waals surface area contributed by atoms with E-state index in [0.717, 1.165) is 26.1 Å². The average Bonchev–Trinajstić information content (AvgIpc) is 2.81. The lowest BCUT2D eigenvalue weighted by Gasteiger charge is -2.37. The summed E-state index contributed by atoms with van der Waals surface area (Å²) in [4.78, 5) is 39.7. The summed E-state index contributed by atoms with van der Waals surface area (Å²) in [6.45, 7) is 2.34. The smallest absolute Gasteiger partial charge is 0.235 e. The van der Waals surface area contributed by atoms with Crippen LogP contribution in [-0.4, -0.2) is 54.1 Å². The minimum Gasteiger partial charge on any atom is -0.303 e. The SMILES string of the molecule is CN1C(=O)CC2(CCN(CCCC(=O)c3ccc(F)cc3)CC2)C1=O. The molecule has 2 aliphatic rings. The molecule has 2 saturated heterocycles. The zero-order chi connectivity index (χ0) is 18.0. The number of likely N-dealkylation sites (tertiary alicyclic amines) is 2. The maximum absolute atomic E-state index is 12.9. The van der Waals surface area contributed by atoms with E-state index in [-0.39, 0.29) is 23.4 Å². The molecule has 2 aliphatic heterocycles. The zero-order valence-electron chi connectivity index (χ0n) is 14.5. The van der Waals surface area contributed by atoms with Gasteiger partial charge in [-0.05, 0) is 63.2 Å². The summed E-state index contributed by atoms with van der Waals surface area (Å²) >= 11 is 0. The van der Waals surface area contributed by atoms with Crippen molar-refractivity contribution in [2.24, 2.45) is 5.41 Å². The second-order valence-corrected chi connectivity index (χ2v) is 7.09. The fraction of sp³-hybridized carbons (Fsp3) is 0.526. The summed E-state index contributed by atoms with van der Waals surface area (Å²) in [5.41, 5.74) is 0.0452. The minimum absolute atomic E-state index is 0.0201. The third kappa shape index (κ3) is 3.63. The van der Waals surface area contributed by atoms with Crippen molar-refractivity contribution in [1.29, 1.82) is 0 Å². The predicted octanol–water partition coefficient (Wildman–Crippen LogP) is 2.26. The van der Waals surface area contributed by atoms with Gasteiger partial charge in [-0.25, -0.2) is 4.39 Å². The summed E-state index contributed by atoms with van der Waals surface area (Å²) in [6.07, 6.45) is 2.89. The van der Waals surface area contributed by atoms with Crippen molar-refractivity contribution >= 4 is 17.6 Å². The summed E-state index contributed by atoms with van der Waals surface area (Å²) in [5.74, 6) is -0.442. The van der Waals surface area contributed by atoms with Gasteiger partial charge < -0.3 is 4.90 Å². The highest BCUT2D eigenvalue weighted by Crippen LogP contribution is 2.41. The van der Waals surface area contributed by atoms with E-state index in [0.29, 0.717) is 31.2 Å². The summed E-state index contributed by atoms with van der Waals surface area (Å²) < 4.78 is 12.9. The maximum Gasteiger partial charge on any atom is 0.235 e. The number of halogens is 1. The van der Waals surface area contributed by atoms with E-state index in [1.165, 1.54) is 29.2 Å². The molecule has 2 heterocycles. The number of rotatable bonds is 5. The van der Waals surface area contributed by atoms with Gasteiger partial charge in [-0.2, -0.15) is 0 Å². The van der Waals surface area contributed by atoms with Crippen LogP contribution < -0.4 is 0 Å². The lowest BCUT2D eigenvalue weighted by Crippen LogP contribution is -2.44. The Balaban J connectivity index is 1.44. The van der Waals surface area contributed by atoms with Crippen molar-refractivity contribution < 1.29 is 18.8 Å². The van der Waals surface area contributed by atoms with Crippen molar-refractivity contribution in [1.82, 2.24) is 9.80 Å². The molecule has 6 heteroatoms. The van der Waals surface area contributed by atoms with E-state index in [1.54, 1.807) is 7.05 Å². The highest BCUT2D eigenvalue weighted by atomic mass is 19.1. The van der Waals surface area contributed by atoms with Crippen LogP contribution in [0, 0.1) is 11.2 Å². The van der Waals surface area contributed by atoms with Crippen LogP contribution in [0.2, 0.25) is 0 Å². The summed E-state index contributed by atoms with van der Waals surface area (Å²) in [6, 6.07) is 5.63. The number of ketones is 1. The minimum atomic E-state index is -0.494. The Morgan fingerprint density at radius 3 is 2.36 bits per heavy atom. The Bertz CT molecular complexity index is 678. The number of Topliss-reactive ketones (excluding diaryl/α,β-unsaturated/α-hetero) is 1. The number of benzene rings is 1. The number of nitrogens with zero attached hydrogens (tertiary/aromatic N) is 2. The molecule has 0 radical (unpaired) electrons. The first-order chi connectivity index (χ1) is 11.9. The van der Waals surface area contributed by atoms with Crippen LogP contribution in [0.1, 0.15) is 42.5 Å². The van der Waals surface area contributed by atoms with Crippen LogP contribution in [0.3, 0.4) is 0 Å². The molecule has 0 aromatic heterocycles. The average molecular weight is 346 g/mol. The van der Waals surface area contributed by atoms with Crippen LogP contribution in [0.15, 0.2) is 24.3 Å². The van der Waals surface area contributed by atoms with Crippen molar-refractivity contribution in [3.8, 4) is 0 Å². The topological polar surface area (TPSA) is 57.7 Å². The maximum atomic E-state index is 12.9. The third-order valence-electron chi connectivity index (χ3n) is 5.48. The van der Waals surface area contributed by atoms with Gasteiger partial charge in [0.05, 0.1) is 5.41 Å². The molecule has 5 nitrogen and oxygen atoms in total. The van der Waals surface area contributed by atoms with Crippen molar-refractivity contribution in [2.75, 3.05) is 26.7 Å². The monoisotopic (exact) mass is 346 g/mol. The molecule has 2 amide bonds. The highest BCUT2D eigenvalue weighted by molar-refractivity contribution is 6.05. The fourth-order valence-electron chi connectivity index (χ4n) is 3.79. The van der Waals surface area contributed by atoms with E-state index in [4.69, 9.17) is 0 Å². The molecule has 0 bridgehead atoms. The first-order valence-electron chi connectivity index (χ1n) is 8.73. The lowest BCUT2D eigenvalue weighted by atomic mass is 9.77. The Hall–Kier alpha value is -2.08. The number of amides is 2. The van der Waals surface area contributed by atoms with E-state index in [1.807, 2.05) is 0 Å². The zero-order valence-corrected chi connectivity index (χ0v) is 14.5. The molecule has 1 aromatic rings. The van der Waals surface area contributed by atoms with Crippen molar-refractivity contribution in [3.05, 3.63) is 35.6 Å². The molecule has 0 N–H and O–H groups in total. The van der Waals surface area contributed by atoms with E-state index in [2.05, 4.69) is 4.90 Å². The molecule has 134 valence electrons. The summed E-state index contributed by atoms with van der Waals surface area (Å²) in [5, 5.41) is 0. The fourth-order valence-corrected chi connectivity index (χ4v) is 3.79. The molecule has 1 aromatic carbocycles. The second kappa shape index (κ2) is 7.04. The van der Waals surface area contributed by atoms with Gasteiger partial charge in [-0.3, -0.25) is 19.3 Å². The van der Waals surface area contributed by atoms with Crippen LogP contribution in [0.25, 0.3) is 0 Å². The molecule has 1 spiro atoms. The molecule has 0 unspecified atom stereocenters. The second-order valence-electron chi connectivity index (χ2n) is 7.09. The van der Waals surface area contributed by atoms with Gasteiger partial charge in [-0.1, -0.05) is 0 Å². The molecule has 3 rings (SSSR count). The molecule has 0 saturated carbocycles. The standard InChI is InChI=1S/C19H23FN2O3/c1-21-17(24)13-19(18(21)25)8-11-22(12-9-19)10-2-3-16(23)14-4-6-15(20)7-5-14/h4-7H,2-3,8-13H2,1H3. The molecule has 2 fully saturated rings. The Morgan fingerprint density at radius 2 is 1.80 bits per heavy atom. The Morgan fingerprint density at radius 1 is 1.16 bits per heavy atom. The van der Waals surface area contributed by atoms with E-state index in [9.17, 15) is 18.8 Å². The third-order valence-corrected chi connectivity index (χ3v) is 5.48. The van der Waals surface area contributed by atoms with E-state index < -0.39 is 5.41 Å². The first-order valence-corrected chi connectivity index (χ1v) is 8.73. The Kier molecular flexibility index (Phi) is 4.99. The van der Waals surface area contributed by atoms with Gasteiger partial charge in [-0.15, -0.1) is 0 Å². The first kappa shape index (κ1) is 17.7. The molecule has 0 atom stereocenters. The molecule has 0 aliphatic carbocycles. The quantitative estimate of drug-likeness (QED) is 0.606. The number of carbonyl (C=O) groups is 3. The molecular formula is C19H23FN2O3. The van der Waals surface area contributed by atoms with Gasteiger partial charge in [0.15, 0.2) is 5.78 Å². The number of carbonyl (C=O) groups excluding carboxylic acids is 3. The Labute approximate surface area is 146 Å². The van der Waals surface area contributed by atoms with Gasteiger partial charge in [0.2, 0.25) is 11.8 Å². The number of hydrogen-bond acceptors (Lipinski definition) is 4. The largest absolute Gasteiger partial charge is 0.303 e. The van der Waals surface area contributed by atoms with Gasteiger partial charge in [0, 0.05) is 25.5 Å². The predicted molar refractivity (Wildman–Crippen MR) is 90.5 cm³/mol. The van der Waals surface area contributed by atoms with Crippen LogP contribution in [0.4, 0.5) is 4.39 Å². The van der Waals surface area contributed by atoms with E-state index >= 15 is 0 Å². The number of imide groups is 1. The van der Waals surface area contributed by atoms with Gasteiger partial charge in [0.25, 0.3) is 0 Å². The van der Waals surface area contributed by atoms with Crippen LogP contribution in [-0.2, 0) is 9.59 Å². The van der Waals surface area contributed by atoms with Crippen molar-refractivity contribution in [2.45, 2.75) is 32.1 Å². The van der Waals surface area contributed by atoms with Gasteiger partial charge >= 0.3 is 0 Å². The number of piperidine rings is 1. The normalized spacial score (nSPS) is 20.5. The molecule has 25 heavy (non-hydrogen) atoms. The lowest BCUT2D eigenvalue weighted by molar-refractivity contribution is -0.141.